The number of carbonyl (C=O) groups is 2. The van der Waals surface area contributed by atoms with Crippen LogP contribution in [-0.2, 0) is 11.2 Å². The minimum Gasteiger partial charge on any atom is -0.497 e. The number of methoxy groups -OCH3 is 1. The third-order valence-corrected chi connectivity index (χ3v) is 4.76. The molecule has 2 amide bonds. The van der Waals surface area contributed by atoms with Crippen molar-refractivity contribution in [2.24, 2.45) is 5.92 Å². The maximum atomic E-state index is 12.4. The highest BCUT2D eigenvalue weighted by atomic mass is 16.5. The minimum atomic E-state index is -0.215. The fourth-order valence-corrected chi connectivity index (χ4v) is 3.28. The second-order valence-corrected chi connectivity index (χ2v) is 6.60. The SMILES string of the molecule is COc1ccc(CC2CCN(C(=O)CNC(=O)c3ccccc3)C2)cc1. The zero-order valence-corrected chi connectivity index (χ0v) is 15.0. The second-order valence-electron chi connectivity index (χ2n) is 6.60. The van der Waals surface area contributed by atoms with Crippen LogP contribution in [0.1, 0.15) is 22.3 Å². The molecule has 3 rings (SSSR count). The second kappa shape index (κ2) is 8.52. The van der Waals surface area contributed by atoms with E-state index < -0.39 is 0 Å². The summed E-state index contributed by atoms with van der Waals surface area (Å²) < 4.78 is 5.18. The van der Waals surface area contributed by atoms with E-state index in [0.29, 0.717) is 11.5 Å². The van der Waals surface area contributed by atoms with Gasteiger partial charge in [0, 0.05) is 18.7 Å². The van der Waals surface area contributed by atoms with Gasteiger partial charge < -0.3 is 15.0 Å². The molecule has 0 bridgehead atoms. The molecule has 136 valence electrons. The number of nitrogens with one attached hydrogen (secondary N) is 1. The molecule has 26 heavy (non-hydrogen) atoms. The van der Waals surface area contributed by atoms with Crippen LogP contribution in [-0.4, -0.2) is 43.5 Å². The maximum Gasteiger partial charge on any atom is 0.251 e. The number of benzene rings is 2. The van der Waals surface area contributed by atoms with Gasteiger partial charge in [-0.2, -0.15) is 0 Å². The van der Waals surface area contributed by atoms with E-state index in [1.807, 2.05) is 23.1 Å². The van der Waals surface area contributed by atoms with Crippen molar-refractivity contribution in [1.29, 1.82) is 0 Å². The van der Waals surface area contributed by atoms with Crippen LogP contribution in [0.3, 0.4) is 0 Å². The molecule has 5 heteroatoms. The van der Waals surface area contributed by atoms with Crippen molar-refractivity contribution in [3.63, 3.8) is 0 Å². The summed E-state index contributed by atoms with van der Waals surface area (Å²) >= 11 is 0. The first-order valence-electron chi connectivity index (χ1n) is 8.89. The predicted molar refractivity (Wildman–Crippen MR) is 100 cm³/mol. The summed E-state index contributed by atoms with van der Waals surface area (Å²) in [4.78, 5) is 26.2. The summed E-state index contributed by atoms with van der Waals surface area (Å²) in [6.07, 6.45) is 1.94. The first kappa shape index (κ1) is 18.0. The van der Waals surface area contributed by atoms with Crippen LogP contribution in [0.5, 0.6) is 5.75 Å². The van der Waals surface area contributed by atoms with Gasteiger partial charge in [0.1, 0.15) is 5.75 Å². The third kappa shape index (κ3) is 4.63. The van der Waals surface area contributed by atoms with Crippen LogP contribution in [0.15, 0.2) is 54.6 Å². The van der Waals surface area contributed by atoms with Gasteiger partial charge in [-0.05, 0) is 48.6 Å². The Morgan fingerprint density at radius 1 is 1.12 bits per heavy atom. The van der Waals surface area contributed by atoms with Gasteiger partial charge in [0.25, 0.3) is 5.91 Å². The average molecular weight is 352 g/mol. The molecule has 1 saturated heterocycles. The molecule has 2 aromatic carbocycles. The van der Waals surface area contributed by atoms with Gasteiger partial charge in [-0.1, -0.05) is 30.3 Å². The largest absolute Gasteiger partial charge is 0.497 e. The smallest absolute Gasteiger partial charge is 0.251 e. The highest BCUT2D eigenvalue weighted by Crippen LogP contribution is 2.22. The molecule has 1 heterocycles. The van der Waals surface area contributed by atoms with E-state index in [2.05, 4.69) is 17.4 Å². The fraction of sp³-hybridized carbons (Fsp3) is 0.333. The topological polar surface area (TPSA) is 58.6 Å². The van der Waals surface area contributed by atoms with Crippen molar-refractivity contribution in [3.05, 3.63) is 65.7 Å². The monoisotopic (exact) mass is 352 g/mol. The van der Waals surface area contributed by atoms with Crippen molar-refractivity contribution in [3.8, 4) is 5.75 Å². The molecule has 0 radical (unpaired) electrons. The Labute approximate surface area is 154 Å². The number of carbonyl (C=O) groups excluding carboxylic acids is 2. The van der Waals surface area contributed by atoms with Crippen LogP contribution in [0.2, 0.25) is 0 Å². The Hall–Kier alpha value is -2.82. The highest BCUT2D eigenvalue weighted by molar-refractivity contribution is 5.96. The van der Waals surface area contributed by atoms with Gasteiger partial charge in [-0.25, -0.2) is 0 Å². The molecule has 1 fully saturated rings. The molecule has 1 unspecified atom stereocenters. The number of likely N-dealkylation sites (tertiary alicyclic amines) is 1. The van der Waals surface area contributed by atoms with Gasteiger partial charge in [0.2, 0.25) is 5.91 Å². The van der Waals surface area contributed by atoms with E-state index in [4.69, 9.17) is 4.74 Å². The quantitative estimate of drug-likeness (QED) is 0.869. The summed E-state index contributed by atoms with van der Waals surface area (Å²) in [7, 11) is 1.66. The van der Waals surface area contributed by atoms with Crippen molar-refractivity contribution >= 4 is 11.8 Å². The van der Waals surface area contributed by atoms with Crippen molar-refractivity contribution in [2.75, 3.05) is 26.7 Å². The minimum absolute atomic E-state index is 0.0217. The Balaban J connectivity index is 1.45. The Bertz CT molecular complexity index is 744. The maximum absolute atomic E-state index is 12.4. The average Bonchev–Trinajstić information content (AvgIpc) is 3.15. The van der Waals surface area contributed by atoms with E-state index in [1.165, 1.54) is 5.56 Å². The molecule has 1 N–H and O–H groups in total. The predicted octanol–water partition coefficient (Wildman–Crippen LogP) is 2.52. The number of ether oxygens (including phenoxy) is 1. The third-order valence-electron chi connectivity index (χ3n) is 4.76. The number of hydrogen-bond acceptors (Lipinski definition) is 3. The van der Waals surface area contributed by atoms with Gasteiger partial charge in [-0.15, -0.1) is 0 Å². The van der Waals surface area contributed by atoms with Crippen LogP contribution in [0.25, 0.3) is 0 Å². The summed E-state index contributed by atoms with van der Waals surface area (Å²) in [6.45, 7) is 1.54. The standard InChI is InChI=1S/C21H24N2O3/c1-26-19-9-7-16(8-10-19)13-17-11-12-23(15-17)20(24)14-22-21(25)18-5-3-2-4-6-18/h2-10,17H,11-15H2,1H3,(H,22,25). The van der Waals surface area contributed by atoms with Crippen molar-refractivity contribution < 1.29 is 14.3 Å². The van der Waals surface area contributed by atoms with E-state index in [-0.39, 0.29) is 18.4 Å². The van der Waals surface area contributed by atoms with Crippen LogP contribution < -0.4 is 10.1 Å². The number of nitrogens with zero attached hydrogens (tertiary/aromatic N) is 1. The zero-order chi connectivity index (χ0) is 18.4. The molecular weight excluding hydrogens is 328 g/mol. The normalized spacial score (nSPS) is 16.3. The zero-order valence-electron chi connectivity index (χ0n) is 15.0. The molecule has 1 aliphatic heterocycles. The van der Waals surface area contributed by atoms with E-state index in [0.717, 1.165) is 31.7 Å². The Morgan fingerprint density at radius 2 is 1.85 bits per heavy atom. The van der Waals surface area contributed by atoms with E-state index in [9.17, 15) is 9.59 Å². The molecule has 0 saturated carbocycles. The molecular formula is C21H24N2O3. The lowest BCUT2D eigenvalue weighted by atomic mass is 9.99. The lowest BCUT2D eigenvalue weighted by Gasteiger charge is -2.17. The van der Waals surface area contributed by atoms with Gasteiger partial charge in [0.05, 0.1) is 13.7 Å². The van der Waals surface area contributed by atoms with Gasteiger partial charge in [0.15, 0.2) is 0 Å². The molecule has 0 aliphatic carbocycles. The molecule has 1 atom stereocenters. The molecule has 0 spiro atoms. The van der Waals surface area contributed by atoms with Crippen molar-refractivity contribution in [1.82, 2.24) is 10.2 Å². The Morgan fingerprint density at radius 3 is 2.54 bits per heavy atom. The molecule has 2 aromatic rings. The summed E-state index contributed by atoms with van der Waals surface area (Å²) in [5, 5.41) is 2.71. The number of amides is 2. The molecule has 5 nitrogen and oxygen atoms in total. The molecule has 1 aliphatic rings. The van der Waals surface area contributed by atoms with Gasteiger partial charge in [-0.3, -0.25) is 9.59 Å². The van der Waals surface area contributed by atoms with E-state index >= 15 is 0 Å². The fourth-order valence-electron chi connectivity index (χ4n) is 3.28. The molecule has 0 aromatic heterocycles. The highest BCUT2D eigenvalue weighted by Gasteiger charge is 2.26. The van der Waals surface area contributed by atoms with Crippen LogP contribution in [0.4, 0.5) is 0 Å². The summed E-state index contributed by atoms with van der Waals surface area (Å²) in [6, 6.07) is 17.0. The van der Waals surface area contributed by atoms with Crippen molar-refractivity contribution in [2.45, 2.75) is 12.8 Å². The van der Waals surface area contributed by atoms with Crippen LogP contribution >= 0.6 is 0 Å². The number of hydrogen-bond donors (Lipinski definition) is 1. The summed E-state index contributed by atoms with van der Waals surface area (Å²) in [5.41, 5.74) is 1.82. The lowest BCUT2D eigenvalue weighted by Crippen LogP contribution is -2.39. The number of rotatable bonds is 6. The lowest BCUT2D eigenvalue weighted by molar-refractivity contribution is -0.129. The van der Waals surface area contributed by atoms with Gasteiger partial charge >= 0.3 is 0 Å². The van der Waals surface area contributed by atoms with E-state index in [1.54, 1.807) is 31.4 Å². The Kier molecular flexibility index (Phi) is 5.89. The first-order chi connectivity index (χ1) is 12.7. The van der Waals surface area contributed by atoms with Crippen LogP contribution in [0, 0.1) is 5.92 Å². The first-order valence-corrected chi connectivity index (χ1v) is 8.89. The summed E-state index contributed by atoms with van der Waals surface area (Å²) in [5.74, 6) is 1.07.